The Bertz CT molecular complexity index is 722. The van der Waals surface area contributed by atoms with Gasteiger partial charge in [0.1, 0.15) is 6.07 Å². The Balaban J connectivity index is 2.22. The maximum absolute atomic E-state index is 12.8. The van der Waals surface area contributed by atoms with Gasteiger partial charge in [-0.25, -0.2) is 8.42 Å². The second kappa shape index (κ2) is 7.11. The molecule has 124 valence electrons. The lowest BCUT2D eigenvalue weighted by atomic mass is 10.2. The van der Waals surface area contributed by atoms with E-state index >= 15 is 0 Å². The highest BCUT2D eigenvalue weighted by Crippen LogP contribution is 2.21. The Morgan fingerprint density at radius 2 is 1.87 bits per heavy atom. The Kier molecular flexibility index (Phi) is 5.39. The number of amides is 1. The topological polar surface area (TPSA) is 81.5 Å². The number of nitriles is 1. The van der Waals surface area contributed by atoms with Crippen molar-refractivity contribution in [2.75, 3.05) is 26.2 Å². The summed E-state index contributed by atoms with van der Waals surface area (Å²) in [7, 11) is -3.72. The predicted molar refractivity (Wildman–Crippen MR) is 86.0 cm³/mol. The second-order valence-corrected chi connectivity index (χ2v) is 7.75. The van der Waals surface area contributed by atoms with Crippen molar-refractivity contribution < 1.29 is 13.2 Å². The maximum Gasteiger partial charge on any atom is 0.244 e. The molecule has 0 N–H and O–H groups in total. The molecule has 1 aliphatic heterocycles. The van der Waals surface area contributed by atoms with Crippen molar-refractivity contribution in [3.8, 4) is 6.07 Å². The third-order valence-electron chi connectivity index (χ3n) is 3.89. The van der Waals surface area contributed by atoms with Crippen molar-refractivity contribution in [1.82, 2.24) is 9.21 Å². The van der Waals surface area contributed by atoms with E-state index < -0.39 is 10.0 Å². The molecule has 0 spiro atoms. The molecule has 2 rings (SSSR count). The lowest BCUT2D eigenvalue weighted by molar-refractivity contribution is -0.134. The first-order valence-corrected chi connectivity index (χ1v) is 9.10. The summed E-state index contributed by atoms with van der Waals surface area (Å²) in [5.41, 5.74) is 0.145. The number of carbonyl (C=O) groups excluding carboxylic acids is 1. The molecule has 0 unspecified atom stereocenters. The van der Waals surface area contributed by atoms with Crippen LogP contribution in [0.5, 0.6) is 0 Å². The molecule has 1 amide bonds. The van der Waals surface area contributed by atoms with Gasteiger partial charge < -0.3 is 4.90 Å². The third kappa shape index (κ3) is 3.71. The van der Waals surface area contributed by atoms with Crippen LogP contribution < -0.4 is 0 Å². The summed E-state index contributed by atoms with van der Waals surface area (Å²) in [5, 5.41) is 9.13. The van der Waals surface area contributed by atoms with Crippen molar-refractivity contribution in [3.05, 3.63) is 29.8 Å². The van der Waals surface area contributed by atoms with Gasteiger partial charge in [-0.1, -0.05) is 26.0 Å². The van der Waals surface area contributed by atoms with E-state index in [1.165, 1.54) is 16.4 Å². The summed E-state index contributed by atoms with van der Waals surface area (Å²) in [6, 6.07) is 8.13. The summed E-state index contributed by atoms with van der Waals surface area (Å²) in [4.78, 5) is 13.8. The average Bonchev–Trinajstić information content (AvgIpc) is 2.80. The number of sulfonamides is 1. The molecule has 0 bridgehead atoms. The first-order valence-electron chi connectivity index (χ1n) is 7.66. The Hall–Kier alpha value is -1.91. The number of benzene rings is 1. The van der Waals surface area contributed by atoms with Crippen LogP contribution in [-0.4, -0.2) is 49.7 Å². The predicted octanol–water partition coefficient (Wildman–Crippen LogP) is 1.44. The molecule has 1 fully saturated rings. The zero-order valence-corrected chi connectivity index (χ0v) is 14.2. The van der Waals surface area contributed by atoms with Crippen LogP contribution in [0.25, 0.3) is 0 Å². The van der Waals surface area contributed by atoms with Gasteiger partial charge in [0.25, 0.3) is 0 Å². The largest absolute Gasteiger partial charge is 0.341 e. The first kappa shape index (κ1) is 17.4. The molecule has 1 aromatic carbocycles. The molecular formula is C16H21N3O3S. The van der Waals surface area contributed by atoms with E-state index in [0.717, 1.165) is 0 Å². The highest BCUT2D eigenvalue weighted by atomic mass is 32.2. The van der Waals surface area contributed by atoms with Gasteiger partial charge >= 0.3 is 0 Å². The van der Waals surface area contributed by atoms with Gasteiger partial charge in [0.15, 0.2) is 0 Å². The van der Waals surface area contributed by atoms with Gasteiger partial charge in [-0.15, -0.1) is 0 Å². The molecule has 23 heavy (non-hydrogen) atoms. The summed E-state index contributed by atoms with van der Waals surface area (Å²) < 4.78 is 27.0. The average molecular weight is 335 g/mol. The van der Waals surface area contributed by atoms with Crippen molar-refractivity contribution in [2.24, 2.45) is 5.92 Å². The van der Waals surface area contributed by atoms with E-state index in [1.54, 1.807) is 17.0 Å². The Morgan fingerprint density at radius 3 is 2.52 bits per heavy atom. The second-order valence-electron chi connectivity index (χ2n) is 5.85. The SMILES string of the molecule is CC(C)C(=O)N1CCCN(S(=O)(=O)c2ccccc2C#N)CC1. The Labute approximate surface area is 137 Å². The van der Waals surface area contributed by atoms with E-state index in [9.17, 15) is 13.2 Å². The number of carbonyl (C=O) groups is 1. The van der Waals surface area contributed by atoms with E-state index in [4.69, 9.17) is 5.26 Å². The summed E-state index contributed by atoms with van der Waals surface area (Å²) >= 11 is 0. The molecule has 1 aromatic rings. The molecule has 1 heterocycles. The zero-order chi connectivity index (χ0) is 17.0. The van der Waals surface area contributed by atoms with Crippen LogP contribution in [0, 0.1) is 17.2 Å². The molecule has 0 aromatic heterocycles. The number of hydrogen-bond acceptors (Lipinski definition) is 4. The summed E-state index contributed by atoms with van der Waals surface area (Å²) in [5.74, 6) is -0.0563. The van der Waals surface area contributed by atoms with Crippen LogP contribution >= 0.6 is 0 Å². The molecule has 0 radical (unpaired) electrons. The van der Waals surface area contributed by atoms with Crippen LogP contribution in [0.3, 0.4) is 0 Å². The quantitative estimate of drug-likeness (QED) is 0.837. The minimum Gasteiger partial charge on any atom is -0.341 e. The van der Waals surface area contributed by atoms with Crippen LogP contribution in [-0.2, 0) is 14.8 Å². The third-order valence-corrected chi connectivity index (χ3v) is 5.84. The monoisotopic (exact) mass is 335 g/mol. The smallest absolute Gasteiger partial charge is 0.244 e. The fourth-order valence-electron chi connectivity index (χ4n) is 2.64. The number of rotatable bonds is 3. The van der Waals surface area contributed by atoms with E-state index in [-0.39, 0.29) is 28.8 Å². The standard InChI is InChI=1S/C16H21N3O3S/c1-13(2)16(20)18-8-5-9-19(11-10-18)23(21,22)15-7-4-3-6-14(15)12-17/h3-4,6-7,13H,5,8-11H2,1-2H3. The van der Waals surface area contributed by atoms with Crippen molar-refractivity contribution in [3.63, 3.8) is 0 Å². The minimum atomic E-state index is -3.72. The van der Waals surface area contributed by atoms with Crippen LogP contribution in [0.2, 0.25) is 0 Å². The van der Waals surface area contributed by atoms with E-state index in [2.05, 4.69) is 0 Å². The van der Waals surface area contributed by atoms with Gasteiger partial charge in [-0.05, 0) is 18.6 Å². The van der Waals surface area contributed by atoms with E-state index in [1.807, 2.05) is 19.9 Å². The maximum atomic E-state index is 12.8. The van der Waals surface area contributed by atoms with Crippen molar-refractivity contribution in [2.45, 2.75) is 25.2 Å². The minimum absolute atomic E-state index is 0.0335. The van der Waals surface area contributed by atoms with Gasteiger partial charge in [0.2, 0.25) is 15.9 Å². The van der Waals surface area contributed by atoms with Crippen LogP contribution in [0.4, 0.5) is 0 Å². The molecule has 0 saturated carbocycles. The molecule has 0 aliphatic carbocycles. The van der Waals surface area contributed by atoms with Gasteiger partial charge in [-0.3, -0.25) is 4.79 Å². The lowest BCUT2D eigenvalue weighted by Gasteiger charge is -2.23. The van der Waals surface area contributed by atoms with Crippen LogP contribution in [0.15, 0.2) is 29.2 Å². The first-order chi connectivity index (χ1) is 10.9. The highest BCUT2D eigenvalue weighted by Gasteiger charge is 2.30. The van der Waals surface area contributed by atoms with E-state index in [0.29, 0.717) is 26.1 Å². The molecular weight excluding hydrogens is 314 g/mol. The Morgan fingerprint density at radius 1 is 1.17 bits per heavy atom. The lowest BCUT2D eigenvalue weighted by Crippen LogP contribution is -2.39. The zero-order valence-electron chi connectivity index (χ0n) is 13.4. The van der Waals surface area contributed by atoms with Gasteiger partial charge in [0, 0.05) is 32.1 Å². The fraction of sp³-hybridized carbons (Fsp3) is 0.500. The highest BCUT2D eigenvalue weighted by molar-refractivity contribution is 7.89. The van der Waals surface area contributed by atoms with Crippen LogP contribution in [0.1, 0.15) is 25.8 Å². The molecule has 6 nitrogen and oxygen atoms in total. The van der Waals surface area contributed by atoms with Crippen molar-refractivity contribution >= 4 is 15.9 Å². The van der Waals surface area contributed by atoms with Gasteiger partial charge in [-0.2, -0.15) is 9.57 Å². The molecule has 0 atom stereocenters. The normalized spacial score (nSPS) is 16.9. The number of nitrogens with zero attached hydrogens (tertiary/aromatic N) is 3. The summed E-state index contributed by atoms with van der Waals surface area (Å²) in [6.45, 7) is 5.22. The number of hydrogen-bond donors (Lipinski definition) is 0. The van der Waals surface area contributed by atoms with Crippen molar-refractivity contribution in [1.29, 1.82) is 5.26 Å². The molecule has 1 aliphatic rings. The summed E-state index contributed by atoms with van der Waals surface area (Å²) in [6.07, 6.45) is 0.590. The van der Waals surface area contributed by atoms with Gasteiger partial charge in [0.05, 0.1) is 10.5 Å². The molecule has 7 heteroatoms. The fourth-order valence-corrected chi connectivity index (χ4v) is 4.25. The molecule has 1 saturated heterocycles.